The van der Waals surface area contributed by atoms with E-state index in [9.17, 15) is 18.0 Å². The van der Waals surface area contributed by atoms with Gasteiger partial charge in [0.05, 0.1) is 6.61 Å². The first-order valence-corrected chi connectivity index (χ1v) is 8.78. The molecule has 0 fully saturated rings. The third kappa shape index (κ3) is 5.01. The number of amides is 1. The summed E-state index contributed by atoms with van der Waals surface area (Å²) in [7, 11) is 0. The van der Waals surface area contributed by atoms with Gasteiger partial charge in [-0.1, -0.05) is 18.2 Å². The largest absolute Gasteiger partial charge is 0.411 e. The lowest BCUT2D eigenvalue weighted by atomic mass is 10.1. The second-order valence-corrected chi connectivity index (χ2v) is 6.43. The van der Waals surface area contributed by atoms with Gasteiger partial charge in [0.15, 0.2) is 0 Å². The molecule has 0 atom stereocenters. The van der Waals surface area contributed by atoms with Gasteiger partial charge in [0.2, 0.25) is 0 Å². The van der Waals surface area contributed by atoms with E-state index in [0.717, 1.165) is 30.9 Å². The van der Waals surface area contributed by atoms with Gasteiger partial charge in [-0.15, -0.1) is 0 Å². The number of hydrogen-bond acceptors (Lipinski definition) is 3. The van der Waals surface area contributed by atoms with Gasteiger partial charge in [-0.25, -0.2) is 0 Å². The van der Waals surface area contributed by atoms with Gasteiger partial charge in [0.1, 0.15) is 6.61 Å². The standard InChI is InChI=1S/C20H21F3N2O2/c1-2-25-10-9-15-7-8-17(11-18(15)25)24-19(26)16-5-3-14(4-6-16)12-27-13-20(21,22)23/h3-8,11H,2,9-10,12-13H2,1H3,(H,24,26). The third-order valence-corrected chi connectivity index (χ3v) is 4.47. The van der Waals surface area contributed by atoms with Crippen LogP contribution >= 0.6 is 0 Å². The molecule has 0 bridgehead atoms. The number of benzene rings is 2. The molecule has 144 valence electrons. The summed E-state index contributed by atoms with van der Waals surface area (Å²) in [6.07, 6.45) is -3.34. The first-order valence-electron chi connectivity index (χ1n) is 8.78. The van der Waals surface area contributed by atoms with E-state index >= 15 is 0 Å². The minimum Gasteiger partial charge on any atom is -0.371 e. The SMILES string of the molecule is CCN1CCc2ccc(NC(=O)c3ccc(COCC(F)(F)F)cc3)cc21. The van der Waals surface area contributed by atoms with Crippen molar-refractivity contribution in [3.8, 4) is 0 Å². The third-order valence-electron chi connectivity index (χ3n) is 4.47. The van der Waals surface area contributed by atoms with E-state index in [0.29, 0.717) is 11.1 Å². The van der Waals surface area contributed by atoms with Crippen LogP contribution in [-0.2, 0) is 17.8 Å². The summed E-state index contributed by atoms with van der Waals surface area (Å²) in [5.74, 6) is -0.265. The van der Waals surface area contributed by atoms with Crippen molar-refractivity contribution in [3.63, 3.8) is 0 Å². The molecular formula is C20H21F3N2O2. The monoisotopic (exact) mass is 378 g/mol. The molecule has 1 heterocycles. The lowest BCUT2D eigenvalue weighted by molar-refractivity contribution is -0.176. The molecule has 27 heavy (non-hydrogen) atoms. The molecule has 2 aromatic rings. The van der Waals surface area contributed by atoms with Crippen LogP contribution in [0.3, 0.4) is 0 Å². The quantitative estimate of drug-likeness (QED) is 0.810. The number of rotatable bonds is 6. The molecule has 4 nitrogen and oxygen atoms in total. The zero-order chi connectivity index (χ0) is 19.4. The summed E-state index contributed by atoms with van der Waals surface area (Å²) in [6.45, 7) is 2.56. The van der Waals surface area contributed by atoms with Crippen LogP contribution in [-0.4, -0.2) is 31.8 Å². The minimum atomic E-state index is -4.34. The summed E-state index contributed by atoms with van der Waals surface area (Å²) >= 11 is 0. The van der Waals surface area contributed by atoms with E-state index in [1.54, 1.807) is 24.3 Å². The predicted octanol–water partition coefficient (Wildman–Crippen LogP) is 4.40. The summed E-state index contributed by atoms with van der Waals surface area (Å²) in [6, 6.07) is 12.2. The van der Waals surface area contributed by atoms with Crippen LogP contribution in [0, 0.1) is 0 Å². The second kappa shape index (κ2) is 8.00. The summed E-state index contributed by atoms with van der Waals surface area (Å²) in [5.41, 5.74) is 4.15. The molecule has 1 aliphatic rings. The Bertz CT molecular complexity index is 804. The molecular weight excluding hydrogens is 357 g/mol. The smallest absolute Gasteiger partial charge is 0.371 e. The van der Waals surface area contributed by atoms with E-state index in [2.05, 4.69) is 21.9 Å². The van der Waals surface area contributed by atoms with E-state index in [-0.39, 0.29) is 12.5 Å². The Balaban J connectivity index is 1.60. The number of halogens is 3. The van der Waals surface area contributed by atoms with Crippen LogP contribution in [0.1, 0.15) is 28.4 Å². The van der Waals surface area contributed by atoms with Gasteiger partial charge in [0, 0.05) is 30.0 Å². The fraction of sp³-hybridized carbons (Fsp3) is 0.350. The van der Waals surface area contributed by atoms with E-state index in [1.807, 2.05) is 18.2 Å². The fourth-order valence-corrected chi connectivity index (χ4v) is 3.09. The van der Waals surface area contributed by atoms with Crippen LogP contribution in [0.4, 0.5) is 24.5 Å². The van der Waals surface area contributed by atoms with Crippen molar-refractivity contribution < 1.29 is 22.7 Å². The van der Waals surface area contributed by atoms with Crippen molar-refractivity contribution in [2.45, 2.75) is 26.1 Å². The molecule has 0 unspecified atom stereocenters. The Morgan fingerprint density at radius 2 is 1.93 bits per heavy atom. The first kappa shape index (κ1) is 19.2. The lowest BCUT2D eigenvalue weighted by Crippen LogP contribution is -2.19. The van der Waals surface area contributed by atoms with Crippen molar-refractivity contribution in [2.75, 3.05) is 29.9 Å². The van der Waals surface area contributed by atoms with E-state index in [4.69, 9.17) is 0 Å². The van der Waals surface area contributed by atoms with Gasteiger partial charge in [-0.05, 0) is 48.7 Å². The average molecular weight is 378 g/mol. The zero-order valence-corrected chi connectivity index (χ0v) is 15.0. The number of anilines is 2. The van der Waals surface area contributed by atoms with Crippen LogP contribution in [0.2, 0.25) is 0 Å². The molecule has 0 saturated heterocycles. The highest BCUT2D eigenvalue weighted by Crippen LogP contribution is 2.30. The molecule has 1 N–H and O–H groups in total. The molecule has 0 spiro atoms. The zero-order valence-electron chi connectivity index (χ0n) is 15.0. The molecule has 0 aliphatic carbocycles. The lowest BCUT2D eigenvalue weighted by Gasteiger charge is -2.17. The highest BCUT2D eigenvalue weighted by molar-refractivity contribution is 6.04. The predicted molar refractivity (Wildman–Crippen MR) is 98.1 cm³/mol. The first-order chi connectivity index (χ1) is 12.9. The molecule has 0 saturated carbocycles. The van der Waals surface area contributed by atoms with E-state index < -0.39 is 12.8 Å². The topological polar surface area (TPSA) is 41.6 Å². The number of hydrogen-bond donors (Lipinski definition) is 1. The highest BCUT2D eigenvalue weighted by atomic mass is 19.4. The molecule has 1 amide bonds. The van der Waals surface area contributed by atoms with Crippen molar-refractivity contribution in [3.05, 3.63) is 59.2 Å². The van der Waals surface area contributed by atoms with Crippen molar-refractivity contribution in [1.82, 2.24) is 0 Å². The number of nitrogens with zero attached hydrogens (tertiary/aromatic N) is 1. The maximum atomic E-state index is 12.4. The average Bonchev–Trinajstić information content (AvgIpc) is 3.03. The highest BCUT2D eigenvalue weighted by Gasteiger charge is 2.27. The van der Waals surface area contributed by atoms with Crippen LogP contribution < -0.4 is 10.2 Å². The van der Waals surface area contributed by atoms with Gasteiger partial charge in [-0.3, -0.25) is 4.79 Å². The fourth-order valence-electron chi connectivity index (χ4n) is 3.09. The number of ether oxygens (including phenoxy) is 1. The summed E-state index contributed by atoms with van der Waals surface area (Å²) in [5, 5.41) is 2.87. The molecule has 0 radical (unpaired) electrons. The second-order valence-electron chi connectivity index (χ2n) is 6.43. The number of carbonyl (C=O) groups is 1. The minimum absolute atomic E-state index is 0.154. The summed E-state index contributed by atoms with van der Waals surface area (Å²) in [4.78, 5) is 14.7. The molecule has 2 aromatic carbocycles. The normalized spacial score (nSPS) is 13.6. The summed E-state index contributed by atoms with van der Waals surface area (Å²) < 4.78 is 40.9. The van der Waals surface area contributed by atoms with Crippen molar-refractivity contribution in [2.24, 2.45) is 0 Å². The van der Waals surface area contributed by atoms with Crippen LogP contribution in [0.25, 0.3) is 0 Å². The Labute approximate surface area is 155 Å². The number of nitrogens with one attached hydrogen (secondary N) is 1. The number of likely N-dealkylation sites (N-methyl/N-ethyl adjacent to an activating group) is 1. The van der Waals surface area contributed by atoms with Gasteiger partial charge in [0.25, 0.3) is 5.91 Å². The van der Waals surface area contributed by atoms with Crippen LogP contribution in [0.5, 0.6) is 0 Å². The Morgan fingerprint density at radius 1 is 1.19 bits per heavy atom. The maximum Gasteiger partial charge on any atom is 0.411 e. The van der Waals surface area contributed by atoms with Crippen molar-refractivity contribution in [1.29, 1.82) is 0 Å². The van der Waals surface area contributed by atoms with Crippen molar-refractivity contribution >= 4 is 17.3 Å². The Kier molecular flexibility index (Phi) is 5.70. The number of fused-ring (bicyclic) bond motifs is 1. The number of carbonyl (C=O) groups excluding carboxylic acids is 1. The molecule has 7 heteroatoms. The van der Waals surface area contributed by atoms with Gasteiger partial charge < -0.3 is 15.0 Å². The Hall–Kier alpha value is -2.54. The van der Waals surface area contributed by atoms with Crippen LogP contribution in [0.15, 0.2) is 42.5 Å². The molecule has 3 rings (SSSR count). The Morgan fingerprint density at radius 3 is 2.59 bits per heavy atom. The molecule has 0 aromatic heterocycles. The van der Waals surface area contributed by atoms with Gasteiger partial charge >= 0.3 is 6.18 Å². The molecule has 1 aliphatic heterocycles. The van der Waals surface area contributed by atoms with E-state index in [1.165, 1.54) is 5.56 Å². The van der Waals surface area contributed by atoms with Gasteiger partial charge in [-0.2, -0.15) is 13.2 Å². The maximum absolute atomic E-state index is 12.4. The number of alkyl halides is 3.